The Balaban J connectivity index is 2.25. The third-order valence-corrected chi connectivity index (χ3v) is 3.24. The van der Waals surface area contributed by atoms with Gasteiger partial charge in [0.2, 0.25) is 11.6 Å². The molecule has 2 N–H and O–H groups in total. The van der Waals surface area contributed by atoms with Gasteiger partial charge < -0.3 is 4.90 Å². The summed E-state index contributed by atoms with van der Waals surface area (Å²) in [5.74, 6) is -0.441. The number of amides is 1. The summed E-state index contributed by atoms with van der Waals surface area (Å²) >= 11 is 0. The SMILES string of the molecule is CCN(CC)c1ncnc(NNC(=O)c2ccccn2)c1[N+](=O)[O-]. The Morgan fingerprint density at radius 1 is 1.25 bits per heavy atom. The van der Waals surface area contributed by atoms with E-state index in [0.29, 0.717) is 13.1 Å². The van der Waals surface area contributed by atoms with Crippen molar-refractivity contribution in [1.29, 1.82) is 0 Å². The number of nitrogens with one attached hydrogen (secondary N) is 2. The van der Waals surface area contributed by atoms with Crippen LogP contribution < -0.4 is 15.8 Å². The molecule has 1 amide bonds. The van der Waals surface area contributed by atoms with E-state index >= 15 is 0 Å². The van der Waals surface area contributed by atoms with Gasteiger partial charge in [-0.3, -0.25) is 30.7 Å². The lowest BCUT2D eigenvalue weighted by molar-refractivity contribution is -0.383. The molecule has 2 rings (SSSR count). The van der Waals surface area contributed by atoms with E-state index in [0.717, 1.165) is 0 Å². The van der Waals surface area contributed by atoms with E-state index in [1.54, 1.807) is 17.0 Å². The maximum atomic E-state index is 12.0. The molecule has 0 aromatic carbocycles. The zero-order valence-electron chi connectivity index (χ0n) is 13.3. The van der Waals surface area contributed by atoms with E-state index in [1.165, 1.54) is 18.6 Å². The summed E-state index contributed by atoms with van der Waals surface area (Å²) in [5.41, 5.74) is 4.69. The molecule has 2 aromatic heterocycles. The summed E-state index contributed by atoms with van der Waals surface area (Å²) in [6, 6.07) is 4.86. The van der Waals surface area contributed by atoms with Crippen molar-refractivity contribution >= 4 is 23.2 Å². The van der Waals surface area contributed by atoms with Gasteiger partial charge >= 0.3 is 5.69 Å². The molecular weight excluding hydrogens is 314 g/mol. The van der Waals surface area contributed by atoms with Crippen molar-refractivity contribution in [2.75, 3.05) is 23.4 Å². The first-order valence-corrected chi connectivity index (χ1v) is 7.30. The Morgan fingerprint density at radius 3 is 2.58 bits per heavy atom. The zero-order chi connectivity index (χ0) is 17.5. The average Bonchev–Trinajstić information content (AvgIpc) is 2.61. The molecule has 0 unspecified atom stereocenters. The number of nitrogens with zero attached hydrogens (tertiary/aromatic N) is 5. The van der Waals surface area contributed by atoms with E-state index in [2.05, 4.69) is 25.8 Å². The highest BCUT2D eigenvalue weighted by molar-refractivity contribution is 5.93. The van der Waals surface area contributed by atoms with E-state index in [1.807, 2.05) is 13.8 Å². The Morgan fingerprint density at radius 2 is 2.00 bits per heavy atom. The lowest BCUT2D eigenvalue weighted by Crippen LogP contribution is -2.31. The molecule has 0 aliphatic carbocycles. The maximum absolute atomic E-state index is 12.0. The van der Waals surface area contributed by atoms with Gasteiger partial charge in [-0.2, -0.15) is 0 Å². The highest BCUT2D eigenvalue weighted by atomic mass is 16.6. The van der Waals surface area contributed by atoms with Gasteiger partial charge in [0.25, 0.3) is 5.91 Å². The van der Waals surface area contributed by atoms with Gasteiger partial charge in [-0.15, -0.1) is 0 Å². The van der Waals surface area contributed by atoms with Crippen molar-refractivity contribution in [2.24, 2.45) is 0 Å². The predicted octanol–water partition coefficient (Wildman–Crippen LogP) is 1.38. The summed E-state index contributed by atoms with van der Waals surface area (Å²) in [7, 11) is 0. The molecule has 10 nitrogen and oxygen atoms in total. The molecular formula is C14H17N7O3. The summed E-state index contributed by atoms with van der Waals surface area (Å²) < 4.78 is 0. The summed E-state index contributed by atoms with van der Waals surface area (Å²) in [5, 5.41) is 11.4. The van der Waals surface area contributed by atoms with Crippen molar-refractivity contribution in [1.82, 2.24) is 20.4 Å². The van der Waals surface area contributed by atoms with E-state index in [-0.39, 0.29) is 23.0 Å². The zero-order valence-corrected chi connectivity index (χ0v) is 13.3. The highest BCUT2D eigenvalue weighted by Gasteiger charge is 2.26. The topological polar surface area (TPSA) is 126 Å². The van der Waals surface area contributed by atoms with Crippen LogP contribution in [-0.2, 0) is 0 Å². The number of pyridine rings is 1. The first-order valence-electron chi connectivity index (χ1n) is 7.30. The van der Waals surface area contributed by atoms with Crippen molar-refractivity contribution in [3.8, 4) is 0 Å². The standard InChI is InChI=1S/C14H17N7O3/c1-3-20(4-2)13-11(21(23)24)12(16-9-17-13)18-19-14(22)10-7-5-6-8-15-10/h5-9H,3-4H2,1-2H3,(H,19,22)(H,16,17,18). The fourth-order valence-electron chi connectivity index (χ4n) is 2.06. The minimum absolute atomic E-state index is 0.0961. The number of hydrogen-bond donors (Lipinski definition) is 2. The molecule has 0 radical (unpaired) electrons. The number of hydrazine groups is 1. The molecule has 0 aliphatic rings. The molecule has 2 aromatic rings. The van der Waals surface area contributed by atoms with E-state index in [9.17, 15) is 14.9 Å². The molecule has 10 heteroatoms. The maximum Gasteiger partial charge on any atom is 0.355 e. The Kier molecular flexibility index (Phi) is 5.55. The van der Waals surface area contributed by atoms with Crippen molar-refractivity contribution in [2.45, 2.75) is 13.8 Å². The van der Waals surface area contributed by atoms with Gasteiger partial charge in [0, 0.05) is 19.3 Å². The molecule has 0 saturated heterocycles. The van der Waals surface area contributed by atoms with Crippen LogP contribution in [0.4, 0.5) is 17.3 Å². The summed E-state index contributed by atoms with van der Waals surface area (Å²) in [6.07, 6.45) is 2.68. The van der Waals surface area contributed by atoms with Crippen LogP contribution in [0.3, 0.4) is 0 Å². The predicted molar refractivity (Wildman–Crippen MR) is 87.6 cm³/mol. The van der Waals surface area contributed by atoms with Gasteiger partial charge in [-0.25, -0.2) is 9.97 Å². The number of rotatable bonds is 7. The second kappa shape index (κ2) is 7.81. The van der Waals surface area contributed by atoms with Gasteiger partial charge in [0.1, 0.15) is 12.0 Å². The van der Waals surface area contributed by atoms with Gasteiger partial charge in [0.05, 0.1) is 4.92 Å². The van der Waals surface area contributed by atoms with Crippen LogP contribution in [0.15, 0.2) is 30.7 Å². The fourth-order valence-corrected chi connectivity index (χ4v) is 2.06. The van der Waals surface area contributed by atoms with Crippen LogP contribution in [0.5, 0.6) is 0 Å². The van der Waals surface area contributed by atoms with Crippen molar-refractivity contribution in [3.05, 3.63) is 46.5 Å². The fraction of sp³-hybridized carbons (Fsp3) is 0.286. The smallest absolute Gasteiger partial charge is 0.351 e. The Hall–Kier alpha value is -3.30. The summed E-state index contributed by atoms with van der Waals surface area (Å²) in [4.78, 5) is 36.3. The normalized spacial score (nSPS) is 10.1. The number of nitro groups is 1. The number of carbonyl (C=O) groups is 1. The number of carbonyl (C=O) groups excluding carboxylic acids is 1. The molecule has 0 fully saturated rings. The molecule has 0 aliphatic heterocycles. The van der Waals surface area contributed by atoms with Gasteiger partial charge in [0.15, 0.2) is 0 Å². The van der Waals surface area contributed by atoms with Gasteiger partial charge in [-0.1, -0.05) is 6.07 Å². The Bertz CT molecular complexity index is 720. The lowest BCUT2D eigenvalue weighted by Gasteiger charge is -2.20. The lowest BCUT2D eigenvalue weighted by atomic mass is 10.3. The monoisotopic (exact) mass is 331 g/mol. The largest absolute Gasteiger partial charge is 0.355 e. The first kappa shape index (κ1) is 17.1. The molecule has 0 spiro atoms. The third-order valence-electron chi connectivity index (χ3n) is 3.24. The van der Waals surface area contributed by atoms with E-state index < -0.39 is 10.8 Å². The molecule has 24 heavy (non-hydrogen) atoms. The quantitative estimate of drug-likeness (QED) is 0.575. The third kappa shape index (κ3) is 3.72. The molecule has 0 bridgehead atoms. The first-order chi connectivity index (χ1) is 11.6. The van der Waals surface area contributed by atoms with Crippen LogP contribution in [0.2, 0.25) is 0 Å². The minimum Gasteiger partial charge on any atom is -0.351 e. The molecule has 0 saturated carbocycles. The molecule has 126 valence electrons. The second-order valence-corrected chi connectivity index (χ2v) is 4.62. The van der Waals surface area contributed by atoms with Crippen molar-refractivity contribution < 1.29 is 9.72 Å². The van der Waals surface area contributed by atoms with Crippen LogP contribution in [-0.4, -0.2) is 38.9 Å². The number of aromatic nitrogens is 3. The minimum atomic E-state index is -0.580. The Labute approximate surface area is 138 Å². The average molecular weight is 331 g/mol. The number of hydrogen-bond acceptors (Lipinski definition) is 8. The van der Waals surface area contributed by atoms with Crippen LogP contribution in [0.25, 0.3) is 0 Å². The van der Waals surface area contributed by atoms with Crippen LogP contribution in [0, 0.1) is 10.1 Å². The number of anilines is 2. The van der Waals surface area contributed by atoms with E-state index in [4.69, 9.17) is 0 Å². The van der Waals surface area contributed by atoms with Crippen LogP contribution >= 0.6 is 0 Å². The van der Waals surface area contributed by atoms with Gasteiger partial charge in [-0.05, 0) is 26.0 Å². The van der Waals surface area contributed by atoms with Crippen LogP contribution in [0.1, 0.15) is 24.3 Å². The molecule has 2 heterocycles. The van der Waals surface area contributed by atoms with Crippen molar-refractivity contribution in [3.63, 3.8) is 0 Å². The summed E-state index contributed by atoms with van der Waals surface area (Å²) in [6.45, 7) is 4.83. The second-order valence-electron chi connectivity index (χ2n) is 4.62. The highest BCUT2D eigenvalue weighted by Crippen LogP contribution is 2.31. The molecule has 0 atom stereocenters.